The van der Waals surface area contributed by atoms with Crippen LogP contribution in [0.25, 0.3) is 20.4 Å². The van der Waals surface area contributed by atoms with Crippen molar-refractivity contribution in [3.8, 4) is 0 Å². The molecule has 0 saturated carbocycles. The van der Waals surface area contributed by atoms with Gasteiger partial charge in [-0.25, -0.2) is 23.1 Å². The second kappa shape index (κ2) is 8.03. The van der Waals surface area contributed by atoms with Crippen LogP contribution in [0.15, 0.2) is 23.8 Å². The Labute approximate surface area is 185 Å². The number of thiophene rings is 1. The molecule has 0 spiro atoms. The molecule has 0 radical (unpaired) electrons. The average molecular weight is 463 g/mol. The molecule has 0 aliphatic carbocycles. The van der Waals surface area contributed by atoms with Crippen molar-refractivity contribution in [2.24, 2.45) is 0 Å². The van der Waals surface area contributed by atoms with Crippen molar-refractivity contribution in [2.75, 3.05) is 18.4 Å². The zero-order valence-corrected chi connectivity index (χ0v) is 18.7. The highest BCUT2D eigenvalue weighted by atomic mass is 32.1. The van der Waals surface area contributed by atoms with Gasteiger partial charge in [0.1, 0.15) is 16.0 Å². The molecule has 0 amide bonds. The Bertz CT molecular complexity index is 1270. The molecule has 2 atom stereocenters. The predicted octanol–water partition coefficient (Wildman–Crippen LogP) is 6.65. The maximum Gasteiger partial charge on any atom is 0.176 e. The first-order valence-corrected chi connectivity index (χ1v) is 12.0. The second-order valence-corrected chi connectivity index (χ2v) is 9.79. The molecule has 0 bridgehead atoms. The molecular weight excluding hydrogens is 441 g/mol. The molecule has 9 heteroatoms. The van der Waals surface area contributed by atoms with Gasteiger partial charge in [-0.05, 0) is 45.0 Å². The number of likely N-dealkylation sites (tertiary alicyclic amines) is 1. The van der Waals surface area contributed by atoms with Crippen LogP contribution in [-0.2, 0) is 0 Å². The Morgan fingerprint density at radius 1 is 1.16 bits per heavy atom. The number of halogens is 3. The van der Waals surface area contributed by atoms with Gasteiger partial charge in [-0.2, -0.15) is 0 Å². The molecule has 1 aromatic carbocycles. The number of pyridine rings is 1. The minimum Gasteiger partial charge on any atom is -0.348 e. The van der Waals surface area contributed by atoms with Gasteiger partial charge in [0.2, 0.25) is 0 Å². The highest BCUT2D eigenvalue weighted by Gasteiger charge is 2.30. The first-order valence-electron chi connectivity index (χ1n) is 10.3. The van der Waals surface area contributed by atoms with Gasteiger partial charge in [-0.3, -0.25) is 0 Å². The van der Waals surface area contributed by atoms with E-state index >= 15 is 0 Å². The molecule has 162 valence electrons. The lowest BCUT2D eigenvalue weighted by molar-refractivity contribution is 0.148. The molecule has 5 rings (SSSR count). The third kappa shape index (κ3) is 3.48. The van der Waals surface area contributed by atoms with Gasteiger partial charge in [0.05, 0.1) is 22.1 Å². The van der Waals surface area contributed by atoms with Gasteiger partial charge in [0, 0.05) is 22.2 Å². The third-order valence-corrected chi connectivity index (χ3v) is 8.15. The highest BCUT2D eigenvalue weighted by molar-refractivity contribution is 7.18. The number of aromatic nitrogens is 2. The summed E-state index contributed by atoms with van der Waals surface area (Å²) < 4.78 is 44.7. The number of nitrogens with zero attached hydrogens (tertiary/aromatic N) is 3. The molecule has 4 nitrogen and oxygen atoms in total. The summed E-state index contributed by atoms with van der Waals surface area (Å²) in [6, 6.07) is 3.52. The number of anilines is 2. The normalized spacial score (nSPS) is 20.0. The Hall–Kier alpha value is -2.23. The fraction of sp³-hybridized carbons (Fsp3) is 0.364. The van der Waals surface area contributed by atoms with E-state index in [4.69, 9.17) is 0 Å². The van der Waals surface area contributed by atoms with Crippen LogP contribution in [0, 0.1) is 17.5 Å². The van der Waals surface area contributed by atoms with E-state index in [2.05, 4.69) is 34.0 Å². The van der Waals surface area contributed by atoms with Crippen molar-refractivity contribution >= 4 is 54.5 Å². The van der Waals surface area contributed by atoms with Crippen molar-refractivity contribution < 1.29 is 13.2 Å². The van der Waals surface area contributed by atoms with Crippen LogP contribution in [-0.4, -0.2) is 34.0 Å². The van der Waals surface area contributed by atoms with Crippen molar-refractivity contribution in [1.29, 1.82) is 0 Å². The Morgan fingerprint density at radius 2 is 2.00 bits per heavy atom. The number of fused-ring (bicyclic) bond motifs is 2. The molecule has 4 aromatic rings. The molecule has 1 fully saturated rings. The first kappa shape index (κ1) is 20.7. The summed E-state index contributed by atoms with van der Waals surface area (Å²) in [6.07, 6.45) is 3.26. The number of piperidine rings is 1. The van der Waals surface area contributed by atoms with Gasteiger partial charge >= 0.3 is 0 Å². The second-order valence-electron chi connectivity index (χ2n) is 7.84. The lowest BCUT2D eigenvalue weighted by Crippen LogP contribution is -2.41. The standard InChI is InChI=1S/C22H21F3N4S2/c1-3-29-6-4-5-12(11(29)2)16-7-13-19(15(24)9-26-22(13)31-16)28-20-14(23)8-17-21(18(20)25)27-10-30-17/h7-12H,3-6H2,1-2H3,(H,26,28)/t11-,12+/m0/s1. The zero-order chi connectivity index (χ0) is 21.7. The molecule has 3 aromatic heterocycles. The van der Waals surface area contributed by atoms with E-state index in [9.17, 15) is 13.2 Å². The van der Waals surface area contributed by atoms with E-state index < -0.39 is 23.1 Å². The summed E-state index contributed by atoms with van der Waals surface area (Å²) >= 11 is 2.68. The predicted molar refractivity (Wildman–Crippen MR) is 121 cm³/mol. The Kier molecular flexibility index (Phi) is 5.35. The maximum absolute atomic E-state index is 14.9. The molecule has 1 N–H and O–H groups in total. The third-order valence-electron chi connectivity index (χ3n) is 6.19. The summed E-state index contributed by atoms with van der Waals surface area (Å²) in [7, 11) is 0. The van der Waals surface area contributed by atoms with E-state index in [0.717, 1.165) is 48.3 Å². The summed E-state index contributed by atoms with van der Waals surface area (Å²) in [6.45, 7) is 6.44. The fourth-order valence-electron chi connectivity index (χ4n) is 4.51. The largest absolute Gasteiger partial charge is 0.348 e. The molecule has 1 aliphatic heterocycles. The SMILES string of the molecule is CCN1CCC[C@@H](c2cc3c(Nc4c(F)cc5scnc5c4F)c(F)cnc3s2)[C@@H]1C. The van der Waals surface area contributed by atoms with Crippen molar-refractivity contribution in [1.82, 2.24) is 14.9 Å². The Balaban J connectivity index is 1.58. The number of benzene rings is 1. The van der Waals surface area contributed by atoms with E-state index in [1.165, 1.54) is 22.9 Å². The van der Waals surface area contributed by atoms with Crippen molar-refractivity contribution in [3.63, 3.8) is 0 Å². The summed E-state index contributed by atoms with van der Waals surface area (Å²) in [4.78, 5) is 12.4. The molecule has 4 heterocycles. The van der Waals surface area contributed by atoms with Crippen LogP contribution in [0.2, 0.25) is 0 Å². The molecule has 1 saturated heterocycles. The molecular formula is C22H21F3N4S2. The van der Waals surface area contributed by atoms with E-state index in [1.54, 1.807) is 0 Å². The van der Waals surface area contributed by atoms with E-state index in [-0.39, 0.29) is 11.2 Å². The average Bonchev–Trinajstić information content (AvgIpc) is 3.39. The molecule has 0 unspecified atom stereocenters. The van der Waals surface area contributed by atoms with Gasteiger partial charge in [-0.15, -0.1) is 22.7 Å². The molecule has 1 aliphatic rings. The zero-order valence-electron chi connectivity index (χ0n) is 17.1. The van der Waals surface area contributed by atoms with Crippen LogP contribution in [0.5, 0.6) is 0 Å². The number of rotatable bonds is 4. The van der Waals surface area contributed by atoms with Crippen molar-refractivity contribution in [3.05, 3.63) is 46.2 Å². The number of nitrogens with one attached hydrogen (secondary N) is 1. The van der Waals surface area contributed by atoms with Gasteiger partial charge in [0.25, 0.3) is 0 Å². The van der Waals surface area contributed by atoms with Gasteiger partial charge in [0.15, 0.2) is 17.5 Å². The first-order chi connectivity index (χ1) is 15.0. The van der Waals surface area contributed by atoms with Crippen LogP contribution in [0.4, 0.5) is 24.5 Å². The minimum atomic E-state index is -0.824. The van der Waals surface area contributed by atoms with Crippen LogP contribution in [0.3, 0.4) is 0 Å². The van der Waals surface area contributed by atoms with Crippen LogP contribution >= 0.6 is 22.7 Å². The smallest absolute Gasteiger partial charge is 0.176 e. The number of thiazole rings is 1. The topological polar surface area (TPSA) is 41.0 Å². The van der Waals surface area contributed by atoms with Crippen LogP contribution < -0.4 is 5.32 Å². The summed E-state index contributed by atoms with van der Waals surface area (Å²) in [5.41, 5.74) is 1.16. The van der Waals surface area contributed by atoms with Gasteiger partial charge < -0.3 is 10.2 Å². The lowest BCUT2D eigenvalue weighted by Gasteiger charge is -2.38. The van der Waals surface area contributed by atoms with Gasteiger partial charge in [-0.1, -0.05) is 6.92 Å². The number of likely N-dealkylation sites (N-methyl/N-ethyl adjacent to an activating group) is 1. The van der Waals surface area contributed by atoms with Crippen molar-refractivity contribution in [2.45, 2.75) is 38.6 Å². The summed E-state index contributed by atoms with van der Waals surface area (Å²) in [5.74, 6) is -1.94. The van der Waals surface area contributed by atoms with E-state index in [1.807, 2.05) is 6.07 Å². The fourth-order valence-corrected chi connectivity index (χ4v) is 6.45. The number of hydrogen-bond donors (Lipinski definition) is 1. The quantitative estimate of drug-likeness (QED) is 0.368. The highest BCUT2D eigenvalue weighted by Crippen LogP contribution is 2.42. The summed E-state index contributed by atoms with van der Waals surface area (Å²) in [5, 5.41) is 3.22. The lowest BCUT2D eigenvalue weighted by atomic mass is 9.89. The maximum atomic E-state index is 14.9. The van der Waals surface area contributed by atoms with E-state index in [0.29, 0.717) is 26.9 Å². The molecule has 31 heavy (non-hydrogen) atoms. The Morgan fingerprint density at radius 3 is 2.81 bits per heavy atom. The monoisotopic (exact) mass is 462 g/mol. The number of hydrogen-bond acceptors (Lipinski definition) is 6. The minimum absolute atomic E-state index is 0.0377. The van der Waals surface area contributed by atoms with Crippen LogP contribution in [0.1, 0.15) is 37.5 Å².